The lowest BCUT2D eigenvalue weighted by molar-refractivity contribution is -0.121. The van der Waals surface area contributed by atoms with Crippen molar-refractivity contribution in [3.63, 3.8) is 0 Å². The molecule has 2 aromatic heterocycles. The number of carbonyl (C=O) groups is 1. The van der Waals surface area contributed by atoms with E-state index >= 15 is 0 Å². The fraction of sp³-hybridized carbons (Fsp3) is 0.278. The summed E-state index contributed by atoms with van der Waals surface area (Å²) in [5.41, 5.74) is 3.57. The third-order valence-corrected chi connectivity index (χ3v) is 4.31. The summed E-state index contributed by atoms with van der Waals surface area (Å²) in [5, 5.41) is 3.37. The largest absolute Gasteiger partial charge is 0.350 e. The van der Waals surface area contributed by atoms with Crippen molar-refractivity contribution in [3.05, 3.63) is 64.0 Å². The molecule has 0 radical (unpaired) electrons. The first kappa shape index (κ1) is 16.0. The Morgan fingerprint density at radius 2 is 2.00 bits per heavy atom. The standard InChI is InChI=1S/C18H20N4O2/c1-12-5-4-6-15-17(12)20-11-22(18(15)24)10-16(23)19-9-14-8-7-13(2)21(14)3/h4-8,11H,9-10H2,1-3H3,(H,19,23). The van der Waals surface area contributed by atoms with Gasteiger partial charge in [-0.05, 0) is 37.6 Å². The molecule has 1 N–H and O–H groups in total. The second-order valence-electron chi connectivity index (χ2n) is 5.95. The molecule has 0 fully saturated rings. The van der Waals surface area contributed by atoms with Crippen LogP contribution < -0.4 is 10.9 Å². The maximum Gasteiger partial charge on any atom is 0.261 e. The monoisotopic (exact) mass is 324 g/mol. The zero-order valence-corrected chi connectivity index (χ0v) is 14.0. The summed E-state index contributed by atoms with van der Waals surface area (Å²) in [7, 11) is 1.96. The molecule has 0 unspecified atom stereocenters. The van der Waals surface area contributed by atoms with Crippen molar-refractivity contribution >= 4 is 16.8 Å². The van der Waals surface area contributed by atoms with Gasteiger partial charge in [-0.2, -0.15) is 0 Å². The Morgan fingerprint density at radius 1 is 1.21 bits per heavy atom. The molecule has 0 spiro atoms. The number of nitrogens with zero attached hydrogens (tertiary/aromatic N) is 3. The smallest absolute Gasteiger partial charge is 0.261 e. The van der Waals surface area contributed by atoms with Gasteiger partial charge in [-0.15, -0.1) is 0 Å². The van der Waals surface area contributed by atoms with Gasteiger partial charge in [-0.3, -0.25) is 14.2 Å². The Balaban J connectivity index is 1.75. The van der Waals surface area contributed by atoms with Gasteiger partial charge in [0, 0.05) is 18.4 Å². The van der Waals surface area contributed by atoms with Gasteiger partial charge in [-0.25, -0.2) is 4.98 Å². The quantitative estimate of drug-likeness (QED) is 0.794. The summed E-state index contributed by atoms with van der Waals surface area (Å²) >= 11 is 0. The van der Waals surface area contributed by atoms with Crippen molar-refractivity contribution in [2.45, 2.75) is 26.9 Å². The number of hydrogen-bond donors (Lipinski definition) is 1. The molecular formula is C18H20N4O2. The predicted molar refractivity (Wildman–Crippen MR) is 92.7 cm³/mol. The Kier molecular flexibility index (Phi) is 4.20. The van der Waals surface area contributed by atoms with Gasteiger partial charge in [0.2, 0.25) is 5.91 Å². The lowest BCUT2D eigenvalue weighted by Gasteiger charge is -2.10. The number of amides is 1. The molecule has 1 aromatic carbocycles. The van der Waals surface area contributed by atoms with Crippen molar-refractivity contribution in [3.8, 4) is 0 Å². The van der Waals surface area contributed by atoms with E-state index in [9.17, 15) is 9.59 Å². The topological polar surface area (TPSA) is 68.9 Å². The Hall–Kier alpha value is -2.89. The fourth-order valence-corrected chi connectivity index (χ4v) is 2.69. The molecule has 0 atom stereocenters. The summed E-state index contributed by atoms with van der Waals surface area (Å²) in [4.78, 5) is 28.9. The fourth-order valence-electron chi connectivity index (χ4n) is 2.69. The van der Waals surface area contributed by atoms with E-state index in [4.69, 9.17) is 0 Å². The number of fused-ring (bicyclic) bond motifs is 1. The average molecular weight is 324 g/mol. The van der Waals surface area contributed by atoms with Crippen LogP contribution in [0.4, 0.5) is 0 Å². The molecule has 124 valence electrons. The Bertz CT molecular complexity index is 969. The molecule has 0 saturated heterocycles. The van der Waals surface area contributed by atoms with E-state index in [-0.39, 0.29) is 18.0 Å². The number of aryl methyl sites for hydroxylation is 2. The lowest BCUT2D eigenvalue weighted by atomic mass is 10.1. The van der Waals surface area contributed by atoms with Gasteiger partial charge in [0.15, 0.2) is 0 Å². The third kappa shape index (κ3) is 2.95. The molecule has 0 aliphatic heterocycles. The predicted octanol–water partition coefficient (Wildman–Crippen LogP) is 1.67. The van der Waals surface area contributed by atoms with Crippen molar-refractivity contribution in [2.75, 3.05) is 0 Å². The van der Waals surface area contributed by atoms with E-state index in [0.29, 0.717) is 17.4 Å². The molecule has 2 heterocycles. The summed E-state index contributed by atoms with van der Waals surface area (Å²) in [6.45, 7) is 4.30. The lowest BCUT2D eigenvalue weighted by Crippen LogP contribution is -2.32. The van der Waals surface area contributed by atoms with Crippen molar-refractivity contribution in [2.24, 2.45) is 7.05 Å². The molecule has 0 bridgehead atoms. The number of aromatic nitrogens is 3. The summed E-state index contributed by atoms with van der Waals surface area (Å²) in [6.07, 6.45) is 1.43. The Labute approximate surface area is 139 Å². The summed E-state index contributed by atoms with van der Waals surface area (Å²) < 4.78 is 3.36. The number of benzene rings is 1. The number of hydrogen-bond acceptors (Lipinski definition) is 3. The minimum Gasteiger partial charge on any atom is -0.350 e. The third-order valence-electron chi connectivity index (χ3n) is 4.31. The van der Waals surface area contributed by atoms with Crippen LogP contribution >= 0.6 is 0 Å². The first-order valence-electron chi connectivity index (χ1n) is 7.80. The van der Waals surface area contributed by atoms with Crippen molar-refractivity contribution < 1.29 is 4.79 Å². The molecule has 0 aliphatic rings. The molecule has 24 heavy (non-hydrogen) atoms. The van der Waals surface area contributed by atoms with Crippen LogP contribution in [0.1, 0.15) is 17.0 Å². The van der Waals surface area contributed by atoms with Gasteiger partial charge in [0.1, 0.15) is 6.54 Å². The highest BCUT2D eigenvalue weighted by molar-refractivity contribution is 5.81. The summed E-state index contributed by atoms with van der Waals surface area (Å²) in [6, 6.07) is 9.44. The Morgan fingerprint density at radius 3 is 2.71 bits per heavy atom. The second-order valence-corrected chi connectivity index (χ2v) is 5.95. The van der Waals surface area contributed by atoms with Crippen molar-refractivity contribution in [1.82, 2.24) is 19.4 Å². The highest BCUT2D eigenvalue weighted by Crippen LogP contribution is 2.11. The van der Waals surface area contributed by atoms with Crippen LogP contribution in [0.2, 0.25) is 0 Å². The van der Waals surface area contributed by atoms with E-state index < -0.39 is 0 Å². The van der Waals surface area contributed by atoms with Gasteiger partial charge >= 0.3 is 0 Å². The minimum absolute atomic E-state index is 0.0425. The molecule has 3 aromatic rings. The zero-order chi connectivity index (χ0) is 17.3. The van der Waals surface area contributed by atoms with Crippen LogP contribution in [0, 0.1) is 13.8 Å². The molecule has 1 amide bonds. The van der Waals surface area contributed by atoms with E-state index in [2.05, 4.69) is 10.3 Å². The average Bonchev–Trinajstić information content (AvgIpc) is 2.88. The molecule has 0 aliphatic carbocycles. The molecule has 6 nitrogen and oxygen atoms in total. The number of nitrogens with one attached hydrogen (secondary N) is 1. The highest BCUT2D eigenvalue weighted by atomic mass is 16.2. The van der Waals surface area contributed by atoms with E-state index in [1.807, 2.05) is 49.7 Å². The van der Waals surface area contributed by atoms with Gasteiger partial charge in [0.05, 0.1) is 23.8 Å². The number of carbonyl (C=O) groups excluding carboxylic acids is 1. The summed E-state index contributed by atoms with van der Waals surface area (Å²) in [5.74, 6) is -0.218. The van der Waals surface area contributed by atoms with Gasteiger partial charge in [-0.1, -0.05) is 12.1 Å². The maximum atomic E-state index is 12.5. The van der Waals surface area contributed by atoms with Crippen LogP contribution in [0.3, 0.4) is 0 Å². The minimum atomic E-state index is -0.218. The number of para-hydroxylation sites is 1. The van der Waals surface area contributed by atoms with Crippen LogP contribution in [0.5, 0.6) is 0 Å². The van der Waals surface area contributed by atoms with E-state index in [1.54, 1.807) is 6.07 Å². The molecule has 3 rings (SSSR count). The van der Waals surface area contributed by atoms with Crippen LogP contribution in [0.25, 0.3) is 10.9 Å². The van der Waals surface area contributed by atoms with Gasteiger partial charge < -0.3 is 9.88 Å². The zero-order valence-electron chi connectivity index (χ0n) is 14.0. The molecular weight excluding hydrogens is 304 g/mol. The first-order chi connectivity index (χ1) is 11.5. The van der Waals surface area contributed by atoms with Crippen LogP contribution in [-0.2, 0) is 24.9 Å². The highest BCUT2D eigenvalue weighted by Gasteiger charge is 2.10. The first-order valence-corrected chi connectivity index (χ1v) is 7.80. The van der Waals surface area contributed by atoms with Crippen LogP contribution in [-0.4, -0.2) is 20.0 Å². The second kappa shape index (κ2) is 6.31. The van der Waals surface area contributed by atoms with E-state index in [1.165, 1.54) is 10.9 Å². The van der Waals surface area contributed by atoms with Gasteiger partial charge in [0.25, 0.3) is 5.56 Å². The van der Waals surface area contributed by atoms with E-state index in [0.717, 1.165) is 17.0 Å². The van der Waals surface area contributed by atoms with Crippen LogP contribution in [0.15, 0.2) is 41.5 Å². The maximum absolute atomic E-state index is 12.5. The SMILES string of the molecule is Cc1cccc2c(=O)n(CC(=O)NCc3ccc(C)n3C)cnc12. The van der Waals surface area contributed by atoms with Crippen molar-refractivity contribution in [1.29, 1.82) is 0 Å². The normalized spacial score (nSPS) is 11.0. The molecule has 0 saturated carbocycles. The molecule has 6 heteroatoms. The number of rotatable bonds is 4.